The Morgan fingerprint density at radius 2 is 2.00 bits per heavy atom. The van der Waals surface area contributed by atoms with E-state index in [1.165, 1.54) is 6.20 Å². The summed E-state index contributed by atoms with van der Waals surface area (Å²) in [7, 11) is 0. The van der Waals surface area contributed by atoms with Crippen molar-refractivity contribution in [2.24, 2.45) is 0 Å². The largest absolute Gasteiger partial charge is 0.506 e. The molecule has 0 aliphatic heterocycles. The Balaban J connectivity index is 1.79. The summed E-state index contributed by atoms with van der Waals surface area (Å²) in [6, 6.07) is 8.94. The highest BCUT2D eigenvalue weighted by Crippen LogP contribution is 2.21. The molecule has 2 rings (SSSR count). The first-order valence-corrected chi connectivity index (χ1v) is 6.69. The van der Waals surface area contributed by atoms with Crippen molar-refractivity contribution in [3.8, 4) is 5.75 Å². The number of benzene rings is 1. The van der Waals surface area contributed by atoms with Gasteiger partial charge in [0.2, 0.25) is 0 Å². The predicted molar refractivity (Wildman–Crippen MR) is 77.8 cm³/mol. The first-order chi connectivity index (χ1) is 9.15. The number of hydrogen-bond acceptors (Lipinski definition) is 3. The molecule has 3 nitrogen and oxygen atoms in total. The van der Waals surface area contributed by atoms with Gasteiger partial charge in [0.15, 0.2) is 0 Å². The van der Waals surface area contributed by atoms with E-state index in [9.17, 15) is 0 Å². The smallest absolute Gasteiger partial charge is 0.133 e. The van der Waals surface area contributed by atoms with E-state index in [1.807, 2.05) is 12.1 Å². The van der Waals surface area contributed by atoms with Crippen LogP contribution >= 0.6 is 23.2 Å². The molecule has 0 saturated carbocycles. The average molecular weight is 297 g/mol. The summed E-state index contributed by atoms with van der Waals surface area (Å²) < 4.78 is 0. The fourth-order valence-corrected chi connectivity index (χ4v) is 2.19. The molecule has 0 aliphatic carbocycles. The third-order valence-corrected chi connectivity index (χ3v) is 3.29. The number of rotatable bonds is 5. The lowest BCUT2D eigenvalue weighted by Gasteiger charge is -2.06. The molecule has 2 N–H and O–H groups in total. The summed E-state index contributed by atoms with van der Waals surface area (Å²) in [5, 5.41) is 13.7. The van der Waals surface area contributed by atoms with Crippen molar-refractivity contribution in [1.29, 1.82) is 0 Å². The highest BCUT2D eigenvalue weighted by Gasteiger charge is 2.01. The van der Waals surface area contributed by atoms with Gasteiger partial charge in [-0.2, -0.15) is 0 Å². The SMILES string of the molecule is Oc1ccc(CNCCc2ccc(Cl)cc2Cl)nc1. The highest BCUT2D eigenvalue weighted by atomic mass is 35.5. The molecule has 1 heterocycles. The van der Waals surface area contributed by atoms with Crippen LogP contribution in [-0.2, 0) is 13.0 Å². The van der Waals surface area contributed by atoms with Crippen molar-refractivity contribution in [2.75, 3.05) is 6.54 Å². The van der Waals surface area contributed by atoms with Crippen molar-refractivity contribution in [3.63, 3.8) is 0 Å². The molecule has 0 atom stereocenters. The standard InChI is InChI=1S/C14H14Cl2N2O/c15-11-2-1-10(14(16)7-11)5-6-17-8-12-3-4-13(19)9-18-12/h1-4,7,9,17,19H,5-6,8H2. The van der Waals surface area contributed by atoms with E-state index in [2.05, 4.69) is 10.3 Å². The first kappa shape index (κ1) is 14.1. The van der Waals surface area contributed by atoms with Crippen LogP contribution in [0.25, 0.3) is 0 Å². The molecule has 0 fully saturated rings. The minimum absolute atomic E-state index is 0.177. The molecule has 0 saturated heterocycles. The Hall–Kier alpha value is -1.29. The summed E-state index contributed by atoms with van der Waals surface area (Å²) >= 11 is 11.9. The van der Waals surface area contributed by atoms with E-state index in [4.69, 9.17) is 28.3 Å². The molecule has 0 spiro atoms. The molecular formula is C14H14Cl2N2O. The van der Waals surface area contributed by atoms with Crippen molar-refractivity contribution in [1.82, 2.24) is 10.3 Å². The number of nitrogens with zero attached hydrogens (tertiary/aromatic N) is 1. The Morgan fingerprint density at radius 1 is 1.16 bits per heavy atom. The zero-order chi connectivity index (χ0) is 13.7. The van der Waals surface area contributed by atoms with Gasteiger partial charge in [-0.1, -0.05) is 29.3 Å². The lowest BCUT2D eigenvalue weighted by Crippen LogP contribution is -2.17. The third kappa shape index (κ3) is 4.39. The second-order valence-electron chi connectivity index (χ2n) is 4.17. The molecule has 0 unspecified atom stereocenters. The fourth-order valence-electron chi connectivity index (χ4n) is 1.69. The minimum Gasteiger partial charge on any atom is -0.506 e. The Bertz CT molecular complexity index is 544. The van der Waals surface area contributed by atoms with Crippen LogP contribution < -0.4 is 5.32 Å². The van der Waals surface area contributed by atoms with Crippen LogP contribution in [0.1, 0.15) is 11.3 Å². The predicted octanol–water partition coefficient (Wildman–Crippen LogP) is 3.43. The van der Waals surface area contributed by atoms with E-state index in [-0.39, 0.29) is 5.75 Å². The van der Waals surface area contributed by atoms with Crippen LogP contribution in [0.3, 0.4) is 0 Å². The van der Waals surface area contributed by atoms with Gasteiger partial charge in [-0.25, -0.2) is 0 Å². The van der Waals surface area contributed by atoms with Crippen molar-refractivity contribution < 1.29 is 5.11 Å². The van der Waals surface area contributed by atoms with Crippen molar-refractivity contribution in [2.45, 2.75) is 13.0 Å². The second-order valence-corrected chi connectivity index (χ2v) is 5.01. The zero-order valence-corrected chi connectivity index (χ0v) is 11.7. The number of hydrogen-bond donors (Lipinski definition) is 2. The van der Waals surface area contributed by atoms with Gasteiger partial charge in [-0.3, -0.25) is 4.98 Å². The minimum atomic E-state index is 0.177. The van der Waals surface area contributed by atoms with Crippen LogP contribution in [0.15, 0.2) is 36.5 Å². The summed E-state index contributed by atoms with van der Waals surface area (Å²) in [6.07, 6.45) is 2.27. The Morgan fingerprint density at radius 3 is 2.68 bits per heavy atom. The van der Waals surface area contributed by atoms with E-state index in [0.717, 1.165) is 24.2 Å². The van der Waals surface area contributed by atoms with Gasteiger partial charge in [-0.05, 0) is 42.8 Å². The molecule has 0 radical (unpaired) electrons. The van der Waals surface area contributed by atoms with E-state index in [1.54, 1.807) is 18.2 Å². The molecule has 5 heteroatoms. The second kappa shape index (κ2) is 6.75. The fraction of sp³-hybridized carbons (Fsp3) is 0.214. The van der Waals surface area contributed by atoms with Gasteiger partial charge in [0.05, 0.1) is 11.9 Å². The summed E-state index contributed by atoms with van der Waals surface area (Å²) in [5.41, 5.74) is 1.96. The van der Waals surface area contributed by atoms with Crippen molar-refractivity contribution in [3.05, 3.63) is 57.8 Å². The maximum absolute atomic E-state index is 9.12. The van der Waals surface area contributed by atoms with Gasteiger partial charge in [0.25, 0.3) is 0 Å². The first-order valence-electron chi connectivity index (χ1n) is 5.93. The average Bonchev–Trinajstić information content (AvgIpc) is 2.39. The van der Waals surface area contributed by atoms with Gasteiger partial charge in [0.1, 0.15) is 5.75 Å². The Labute approximate surface area is 122 Å². The molecule has 0 amide bonds. The van der Waals surface area contributed by atoms with Gasteiger partial charge < -0.3 is 10.4 Å². The lowest BCUT2D eigenvalue weighted by molar-refractivity contribution is 0.471. The third-order valence-electron chi connectivity index (χ3n) is 2.70. The molecule has 1 aromatic carbocycles. The van der Waals surface area contributed by atoms with E-state index in [0.29, 0.717) is 16.6 Å². The molecule has 0 bridgehead atoms. The number of pyridine rings is 1. The van der Waals surface area contributed by atoms with Crippen LogP contribution in [-0.4, -0.2) is 16.6 Å². The number of aromatic nitrogens is 1. The molecule has 0 aliphatic rings. The number of halogens is 2. The molecule has 2 aromatic rings. The molecule has 19 heavy (non-hydrogen) atoms. The van der Waals surface area contributed by atoms with Crippen molar-refractivity contribution >= 4 is 23.2 Å². The summed E-state index contributed by atoms with van der Waals surface area (Å²) in [4.78, 5) is 4.10. The number of aromatic hydroxyl groups is 1. The molecule has 100 valence electrons. The van der Waals surface area contributed by atoms with Gasteiger partial charge in [-0.15, -0.1) is 0 Å². The van der Waals surface area contributed by atoms with E-state index < -0.39 is 0 Å². The lowest BCUT2D eigenvalue weighted by atomic mass is 10.1. The molecule has 1 aromatic heterocycles. The quantitative estimate of drug-likeness (QED) is 0.831. The van der Waals surface area contributed by atoms with Crippen LogP contribution in [0.5, 0.6) is 5.75 Å². The zero-order valence-electron chi connectivity index (χ0n) is 10.2. The van der Waals surface area contributed by atoms with E-state index >= 15 is 0 Å². The number of nitrogens with one attached hydrogen (secondary N) is 1. The van der Waals surface area contributed by atoms with Gasteiger partial charge >= 0.3 is 0 Å². The molecular weight excluding hydrogens is 283 g/mol. The maximum atomic E-state index is 9.12. The highest BCUT2D eigenvalue weighted by molar-refractivity contribution is 6.35. The van der Waals surface area contributed by atoms with Crippen LogP contribution in [0.4, 0.5) is 0 Å². The topological polar surface area (TPSA) is 45.1 Å². The monoisotopic (exact) mass is 296 g/mol. The van der Waals surface area contributed by atoms with Gasteiger partial charge in [0, 0.05) is 16.6 Å². The van der Waals surface area contributed by atoms with Crippen LogP contribution in [0, 0.1) is 0 Å². The maximum Gasteiger partial charge on any atom is 0.133 e. The van der Waals surface area contributed by atoms with Crippen LogP contribution in [0.2, 0.25) is 10.0 Å². The summed E-state index contributed by atoms with van der Waals surface area (Å²) in [6.45, 7) is 1.45. The summed E-state index contributed by atoms with van der Waals surface area (Å²) in [5.74, 6) is 0.177. The normalized spacial score (nSPS) is 10.6. The Kier molecular flexibility index (Phi) is 5.02.